The van der Waals surface area contributed by atoms with Crippen molar-refractivity contribution in [2.24, 2.45) is 0 Å². The molecule has 0 bridgehead atoms. The maximum atomic E-state index is 10.1. The molecule has 18 heavy (non-hydrogen) atoms. The second kappa shape index (κ2) is 7.36. The lowest BCUT2D eigenvalue weighted by Gasteiger charge is -2.18. The Kier molecular flexibility index (Phi) is 6.12. The lowest BCUT2D eigenvalue weighted by Crippen LogP contribution is -2.19. The summed E-state index contributed by atoms with van der Waals surface area (Å²) in [6, 6.07) is 5.71. The zero-order valence-corrected chi connectivity index (χ0v) is 11.5. The van der Waals surface area contributed by atoms with Crippen molar-refractivity contribution < 1.29 is 19.3 Å². The van der Waals surface area contributed by atoms with Crippen LogP contribution in [0.4, 0.5) is 0 Å². The van der Waals surface area contributed by atoms with E-state index in [0.717, 1.165) is 11.1 Å². The van der Waals surface area contributed by atoms with Gasteiger partial charge in [0, 0.05) is 12.7 Å². The molecule has 0 aliphatic heterocycles. The van der Waals surface area contributed by atoms with Crippen LogP contribution in [0.3, 0.4) is 0 Å². The number of aliphatic hydroxyl groups is 1. The van der Waals surface area contributed by atoms with E-state index in [2.05, 4.69) is 0 Å². The Morgan fingerprint density at radius 2 is 1.94 bits per heavy atom. The Balaban J connectivity index is 2.65. The number of hydrogen-bond donors (Lipinski definition) is 1. The van der Waals surface area contributed by atoms with Gasteiger partial charge in [0.1, 0.15) is 11.9 Å². The van der Waals surface area contributed by atoms with Crippen molar-refractivity contribution in [1.29, 1.82) is 0 Å². The third-order valence-electron chi connectivity index (χ3n) is 2.68. The van der Waals surface area contributed by atoms with Gasteiger partial charge in [0.05, 0.1) is 26.4 Å². The van der Waals surface area contributed by atoms with Crippen molar-refractivity contribution >= 4 is 0 Å². The molecule has 2 unspecified atom stereocenters. The van der Waals surface area contributed by atoms with Crippen molar-refractivity contribution in [2.45, 2.75) is 26.1 Å². The van der Waals surface area contributed by atoms with Crippen LogP contribution in [0.15, 0.2) is 18.2 Å². The molecule has 1 rings (SSSR count). The zero-order chi connectivity index (χ0) is 13.5. The highest BCUT2D eigenvalue weighted by atomic mass is 16.5. The van der Waals surface area contributed by atoms with Gasteiger partial charge in [-0.1, -0.05) is 11.6 Å². The van der Waals surface area contributed by atoms with E-state index in [0.29, 0.717) is 12.4 Å². The third kappa shape index (κ3) is 4.29. The lowest BCUT2D eigenvalue weighted by atomic mass is 10.1. The molecule has 1 aromatic rings. The number of ether oxygens (including phenoxy) is 3. The Morgan fingerprint density at radius 1 is 1.22 bits per heavy atom. The highest BCUT2D eigenvalue weighted by molar-refractivity contribution is 5.38. The van der Waals surface area contributed by atoms with E-state index in [1.165, 1.54) is 0 Å². The molecule has 0 aliphatic carbocycles. The molecule has 0 aromatic heterocycles. The topological polar surface area (TPSA) is 47.9 Å². The lowest BCUT2D eigenvalue weighted by molar-refractivity contribution is -0.0330. The first-order chi connectivity index (χ1) is 8.58. The highest BCUT2D eigenvalue weighted by Gasteiger charge is 2.15. The van der Waals surface area contributed by atoms with Gasteiger partial charge in [-0.2, -0.15) is 0 Å². The van der Waals surface area contributed by atoms with Crippen molar-refractivity contribution in [2.75, 3.05) is 27.4 Å². The molecular weight excluding hydrogens is 232 g/mol. The summed E-state index contributed by atoms with van der Waals surface area (Å²) in [7, 11) is 3.22. The molecule has 0 spiro atoms. The predicted octanol–water partition coefficient (Wildman–Crippen LogP) is 2.09. The van der Waals surface area contributed by atoms with Crippen LogP contribution in [0.25, 0.3) is 0 Å². The number of benzene rings is 1. The Hall–Kier alpha value is -1.10. The fourth-order valence-electron chi connectivity index (χ4n) is 1.74. The van der Waals surface area contributed by atoms with Crippen molar-refractivity contribution in [1.82, 2.24) is 0 Å². The normalized spacial score (nSPS) is 14.3. The molecule has 0 heterocycles. The third-order valence-corrected chi connectivity index (χ3v) is 2.68. The maximum absolute atomic E-state index is 10.1. The Bertz CT molecular complexity index is 365. The second-order valence-electron chi connectivity index (χ2n) is 4.36. The van der Waals surface area contributed by atoms with Gasteiger partial charge >= 0.3 is 0 Å². The van der Waals surface area contributed by atoms with E-state index in [9.17, 15) is 5.11 Å². The van der Waals surface area contributed by atoms with Crippen LogP contribution < -0.4 is 4.74 Å². The highest BCUT2D eigenvalue weighted by Crippen LogP contribution is 2.26. The summed E-state index contributed by atoms with van der Waals surface area (Å²) in [5, 5.41) is 10.1. The van der Waals surface area contributed by atoms with Crippen LogP contribution in [0, 0.1) is 6.92 Å². The first-order valence-electron chi connectivity index (χ1n) is 6.01. The average Bonchev–Trinajstić information content (AvgIpc) is 2.36. The fraction of sp³-hybridized carbons (Fsp3) is 0.571. The van der Waals surface area contributed by atoms with Gasteiger partial charge < -0.3 is 19.3 Å². The van der Waals surface area contributed by atoms with Crippen molar-refractivity contribution in [3.05, 3.63) is 29.3 Å². The van der Waals surface area contributed by atoms with E-state index in [-0.39, 0.29) is 12.7 Å². The smallest absolute Gasteiger partial charge is 0.124 e. The minimum atomic E-state index is -0.695. The minimum Gasteiger partial charge on any atom is -0.496 e. The molecule has 0 saturated heterocycles. The average molecular weight is 254 g/mol. The molecule has 1 aromatic carbocycles. The van der Waals surface area contributed by atoms with Crippen LogP contribution in [0.1, 0.15) is 24.2 Å². The number of rotatable bonds is 7. The molecule has 4 nitrogen and oxygen atoms in total. The second-order valence-corrected chi connectivity index (χ2v) is 4.36. The van der Waals surface area contributed by atoms with Gasteiger partial charge in [-0.05, 0) is 26.0 Å². The molecule has 102 valence electrons. The summed E-state index contributed by atoms with van der Waals surface area (Å²) in [4.78, 5) is 0. The van der Waals surface area contributed by atoms with E-state index in [4.69, 9.17) is 14.2 Å². The number of aryl methyl sites for hydroxylation is 1. The number of hydrogen-bond acceptors (Lipinski definition) is 4. The molecule has 4 heteroatoms. The zero-order valence-electron chi connectivity index (χ0n) is 11.5. The standard InChI is InChI=1S/C14H22O4/c1-10-5-6-14(17-4)12(7-10)13(15)9-18-11(2)8-16-3/h5-7,11,13,15H,8-9H2,1-4H3. The summed E-state index contributed by atoms with van der Waals surface area (Å²) in [5.74, 6) is 0.677. The molecule has 0 radical (unpaired) electrons. The van der Waals surface area contributed by atoms with Gasteiger partial charge in [-0.25, -0.2) is 0 Å². The fourth-order valence-corrected chi connectivity index (χ4v) is 1.74. The summed E-state index contributed by atoms with van der Waals surface area (Å²) < 4.78 is 15.7. The molecular formula is C14H22O4. The summed E-state index contributed by atoms with van der Waals surface area (Å²) >= 11 is 0. The van der Waals surface area contributed by atoms with Gasteiger partial charge in [0.25, 0.3) is 0 Å². The van der Waals surface area contributed by atoms with Crippen molar-refractivity contribution in [3.8, 4) is 5.75 Å². The molecule has 0 saturated carbocycles. The van der Waals surface area contributed by atoms with E-state index in [1.807, 2.05) is 32.0 Å². The van der Waals surface area contributed by atoms with Gasteiger partial charge in [-0.15, -0.1) is 0 Å². The van der Waals surface area contributed by atoms with Crippen LogP contribution >= 0.6 is 0 Å². The van der Waals surface area contributed by atoms with Crippen LogP contribution in [0.2, 0.25) is 0 Å². The quantitative estimate of drug-likeness (QED) is 0.809. The SMILES string of the molecule is COCC(C)OCC(O)c1cc(C)ccc1OC. The molecule has 1 N–H and O–H groups in total. The molecule has 2 atom stereocenters. The summed E-state index contributed by atoms with van der Waals surface area (Å²) in [5.41, 5.74) is 1.83. The summed E-state index contributed by atoms with van der Waals surface area (Å²) in [6.45, 7) is 4.62. The van der Waals surface area contributed by atoms with Gasteiger partial charge in [-0.3, -0.25) is 0 Å². The molecule has 0 aliphatic rings. The minimum absolute atomic E-state index is 0.0412. The Morgan fingerprint density at radius 3 is 2.56 bits per heavy atom. The van der Waals surface area contributed by atoms with E-state index in [1.54, 1.807) is 14.2 Å². The molecule has 0 amide bonds. The maximum Gasteiger partial charge on any atom is 0.124 e. The first-order valence-corrected chi connectivity index (χ1v) is 6.01. The Labute approximate surface area is 108 Å². The van der Waals surface area contributed by atoms with Crippen LogP contribution in [-0.2, 0) is 9.47 Å². The predicted molar refractivity (Wildman–Crippen MR) is 70.0 cm³/mol. The van der Waals surface area contributed by atoms with Gasteiger partial charge in [0.15, 0.2) is 0 Å². The first kappa shape index (κ1) is 15.0. The molecule has 0 fully saturated rings. The van der Waals surface area contributed by atoms with Crippen LogP contribution in [0.5, 0.6) is 5.75 Å². The number of methoxy groups -OCH3 is 2. The van der Waals surface area contributed by atoms with Gasteiger partial charge in [0.2, 0.25) is 0 Å². The largest absolute Gasteiger partial charge is 0.496 e. The van der Waals surface area contributed by atoms with E-state index >= 15 is 0 Å². The van der Waals surface area contributed by atoms with Crippen LogP contribution in [-0.4, -0.2) is 38.6 Å². The van der Waals surface area contributed by atoms with E-state index < -0.39 is 6.10 Å². The summed E-state index contributed by atoms with van der Waals surface area (Å²) in [6.07, 6.45) is -0.736. The number of aliphatic hydroxyl groups excluding tert-OH is 1. The monoisotopic (exact) mass is 254 g/mol. The van der Waals surface area contributed by atoms with Crippen molar-refractivity contribution in [3.63, 3.8) is 0 Å².